The van der Waals surface area contributed by atoms with Crippen LogP contribution in [0.2, 0.25) is 0 Å². The Bertz CT molecular complexity index is 938. The van der Waals surface area contributed by atoms with Gasteiger partial charge in [-0.15, -0.1) is 0 Å². The molecule has 0 saturated carbocycles. The van der Waals surface area contributed by atoms with Crippen LogP contribution in [0.3, 0.4) is 0 Å². The molecule has 1 amide bonds. The number of hydrogen-bond acceptors (Lipinski definition) is 3. The molecule has 0 bridgehead atoms. The Morgan fingerprint density at radius 1 is 1.14 bits per heavy atom. The summed E-state index contributed by atoms with van der Waals surface area (Å²) >= 11 is 0. The molecule has 2 aromatic carbocycles. The summed E-state index contributed by atoms with van der Waals surface area (Å²) in [4.78, 5) is 12.6. The SMILES string of the molecule is COc1ccccc1C1c2cc(NC(=O)CC(C)(C)C)c(C)c(C)c2OC1(C)C. The maximum absolute atomic E-state index is 12.6. The van der Waals surface area contributed by atoms with Gasteiger partial charge in [-0.25, -0.2) is 0 Å². The lowest BCUT2D eigenvalue weighted by molar-refractivity contribution is -0.117. The highest BCUT2D eigenvalue weighted by molar-refractivity contribution is 5.92. The number of amides is 1. The molecule has 3 rings (SSSR count). The van der Waals surface area contributed by atoms with Crippen molar-refractivity contribution in [2.75, 3.05) is 12.4 Å². The summed E-state index contributed by atoms with van der Waals surface area (Å²) in [6.07, 6.45) is 0.473. The van der Waals surface area contributed by atoms with E-state index in [-0.39, 0.29) is 17.2 Å². The maximum Gasteiger partial charge on any atom is 0.224 e. The van der Waals surface area contributed by atoms with Crippen LogP contribution in [-0.4, -0.2) is 18.6 Å². The second-order valence-electron chi connectivity index (χ2n) is 9.76. The highest BCUT2D eigenvalue weighted by atomic mass is 16.5. The summed E-state index contributed by atoms with van der Waals surface area (Å²) in [6, 6.07) is 10.2. The average Bonchev–Trinajstić information content (AvgIpc) is 2.88. The Morgan fingerprint density at radius 2 is 1.79 bits per heavy atom. The highest BCUT2D eigenvalue weighted by Gasteiger charge is 2.44. The van der Waals surface area contributed by atoms with Gasteiger partial charge >= 0.3 is 0 Å². The minimum atomic E-state index is -0.428. The Balaban J connectivity index is 2.10. The third-order valence-corrected chi connectivity index (χ3v) is 5.66. The number of carbonyl (C=O) groups excluding carboxylic acids is 1. The van der Waals surface area contributed by atoms with Crippen LogP contribution in [0.1, 0.15) is 69.2 Å². The monoisotopic (exact) mass is 395 g/mol. The number of nitrogens with one attached hydrogen (secondary N) is 1. The van der Waals surface area contributed by atoms with E-state index in [0.717, 1.165) is 39.4 Å². The van der Waals surface area contributed by atoms with Crippen molar-refractivity contribution in [2.24, 2.45) is 5.41 Å². The second-order valence-corrected chi connectivity index (χ2v) is 9.76. The lowest BCUT2D eigenvalue weighted by Gasteiger charge is -2.28. The summed E-state index contributed by atoms with van der Waals surface area (Å²) in [7, 11) is 1.70. The summed E-state index contributed by atoms with van der Waals surface area (Å²) in [5, 5.41) is 3.14. The molecule has 0 radical (unpaired) electrons. The highest BCUT2D eigenvalue weighted by Crippen LogP contribution is 2.53. The molecule has 1 aliphatic heterocycles. The van der Waals surface area contributed by atoms with Crippen molar-refractivity contribution in [1.29, 1.82) is 0 Å². The molecule has 4 nitrogen and oxygen atoms in total. The first kappa shape index (κ1) is 21.2. The molecule has 0 aliphatic carbocycles. The Morgan fingerprint density at radius 3 is 2.41 bits per heavy atom. The van der Waals surface area contributed by atoms with Crippen molar-refractivity contribution in [3.05, 3.63) is 52.6 Å². The quantitative estimate of drug-likeness (QED) is 0.692. The van der Waals surface area contributed by atoms with Crippen molar-refractivity contribution in [1.82, 2.24) is 0 Å². The smallest absolute Gasteiger partial charge is 0.224 e. The van der Waals surface area contributed by atoms with Gasteiger partial charge in [-0.2, -0.15) is 0 Å². The van der Waals surface area contributed by atoms with Crippen LogP contribution in [-0.2, 0) is 4.79 Å². The average molecular weight is 396 g/mol. The van der Waals surface area contributed by atoms with Crippen molar-refractivity contribution in [3.63, 3.8) is 0 Å². The lowest BCUT2D eigenvalue weighted by atomic mass is 9.80. The first-order valence-corrected chi connectivity index (χ1v) is 10.2. The molecule has 29 heavy (non-hydrogen) atoms. The molecule has 0 aromatic heterocycles. The maximum atomic E-state index is 12.6. The van der Waals surface area contributed by atoms with E-state index in [1.807, 2.05) is 25.1 Å². The van der Waals surface area contributed by atoms with E-state index in [9.17, 15) is 4.79 Å². The predicted octanol–water partition coefficient (Wildman–Crippen LogP) is 5.99. The minimum absolute atomic E-state index is 0.00576. The normalized spacial score (nSPS) is 17.4. The van der Waals surface area contributed by atoms with E-state index in [2.05, 4.69) is 59.0 Å². The van der Waals surface area contributed by atoms with Gasteiger partial charge in [0.15, 0.2) is 0 Å². The van der Waals surface area contributed by atoms with E-state index >= 15 is 0 Å². The Kier molecular flexibility index (Phi) is 5.42. The summed E-state index contributed by atoms with van der Waals surface area (Å²) in [5.74, 6) is 1.80. The second kappa shape index (κ2) is 7.40. The molecule has 156 valence electrons. The number of hydrogen-bond donors (Lipinski definition) is 1. The Labute approximate surface area is 174 Å². The fourth-order valence-corrected chi connectivity index (χ4v) is 4.22. The van der Waals surface area contributed by atoms with E-state index in [0.29, 0.717) is 6.42 Å². The molecule has 1 unspecified atom stereocenters. The summed E-state index contributed by atoms with van der Waals surface area (Å²) in [6.45, 7) is 14.5. The molecule has 1 atom stereocenters. The van der Waals surface area contributed by atoms with Gasteiger partial charge in [-0.05, 0) is 56.4 Å². The van der Waals surface area contributed by atoms with Gasteiger partial charge in [-0.1, -0.05) is 39.0 Å². The number of carbonyl (C=O) groups is 1. The van der Waals surface area contributed by atoms with Crippen LogP contribution in [0.4, 0.5) is 5.69 Å². The van der Waals surface area contributed by atoms with Crippen molar-refractivity contribution >= 4 is 11.6 Å². The Hall–Kier alpha value is -2.49. The zero-order valence-electron chi connectivity index (χ0n) is 18.9. The zero-order valence-corrected chi connectivity index (χ0v) is 18.9. The van der Waals surface area contributed by atoms with Gasteiger partial charge in [0.2, 0.25) is 5.91 Å². The number of benzene rings is 2. The van der Waals surface area contributed by atoms with Gasteiger partial charge < -0.3 is 14.8 Å². The van der Waals surface area contributed by atoms with Gasteiger partial charge in [-0.3, -0.25) is 4.79 Å². The molecular formula is C25H33NO3. The van der Waals surface area contributed by atoms with Crippen LogP contribution >= 0.6 is 0 Å². The minimum Gasteiger partial charge on any atom is -0.496 e. The third kappa shape index (κ3) is 4.12. The first-order valence-electron chi connectivity index (χ1n) is 10.2. The van der Waals surface area contributed by atoms with Crippen LogP contribution < -0.4 is 14.8 Å². The molecule has 1 heterocycles. The van der Waals surface area contributed by atoms with Gasteiger partial charge in [0.25, 0.3) is 0 Å². The van der Waals surface area contributed by atoms with E-state index < -0.39 is 5.60 Å². The standard InChI is InChI=1S/C25H33NO3/c1-15-16(2)23-18(13-19(15)26-21(27)14-24(3,4)5)22(25(6,7)29-23)17-11-9-10-12-20(17)28-8/h9-13,22H,14H2,1-8H3,(H,26,27). The van der Waals surface area contributed by atoms with Crippen LogP contribution in [0.15, 0.2) is 30.3 Å². The first-order chi connectivity index (χ1) is 13.4. The van der Waals surface area contributed by atoms with Crippen LogP contribution in [0, 0.1) is 19.3 Å². The fourth-order valence-electron chi connectivity index (χ4n) is 4.22. The predicted molar refractivity (Wildman–Crippen MR) is 118 cm³/mol. The van der Waals surface area contributed by atoms with E-state index in [1.165, 1.54) is 0 Å². The fraction of sp³-hybridized carbons (Fsp3) is 0.480. The van der Waals surface area contributed by atoms with Gasteiger partial charge in [0, 0.05) is 23.2 Å². The van der Waals surface area contributed by atoms with Crippen molar-refractivity contribution < 1.29 is 14.3 Å². The van der Waals surface area contributed by atoms with Crippen molar-refractivity contribution in [2.45, 2.75) is 66.4 Å². The van der Waals surface area contributed by atoms with E-state index in [4.69, 9.17) is 9.47 Å². The van der Waals surface area contributed by atoms with Crippen LogP contribution in [0.25, 0.3) is 0 Å². The number of rotatable bonds is 4. The molecule has 1 aliphatic rings. The lowest BCUT2D eigenvalue weighted by Crippen LogP contribution is -2.31. The topological polar surface area (TPSA) is 47.6 Å². The summed E-state index contributed by atoms with van der Waals surface area (Å²) < 4.78 is 12.1. The summed E-state index contributed by atoms with van der Waals surface area (Å²) in [5.41, 5.74) is 4.66. The third-order valence-electron chi connectivity index (χ3n) is 5.66. The van der Waals surface area contributed by atoms with Gasteiger partial charge in [0.1, 0.15) is 17.1 Å². The number of para-hydroxylation sites is 1. The molecule has 0 spiro atoms. The number of fused-ring (bicyclic) bond motifs is 1. The molecule has 1 N–H and O–H groups in total. The molecule has 2 aromatic rings. The molecule has 0 saturated heterocycles. The van der Waals surface area contributed by atoms with E-state index in [1.54, 1.807) is 7.11 Å². The number of anilines is 1. The number of methoxy groups -OCH3 is 1. The number of ether oxygens (including phenoxy) is 2. The largest absolute Gasteiger partial charge is 0.496 e. The zero-order chi connectivity index (χ0) is 21.6. The van der Waals surface area contributed by atoms with Gasteiger partial charge in [0.05, 0.1) is 13.0 Å². The van der Waals surface area contributed by atoms with Crippen LogP contribution in [0.5, 0.6) is 11.5 Å². The molecule has 0 fully saturated rings. The molecular weight excluding hydrogens is 362 g/mol. The molecule has 4 heteroatoms. The van der Waals surface area contributed by atoms with Crippen molar-refractivity contribution in [3.8, 4) is 11.5 Å².